The van der Waals surface area contributed by atoms with Crippen LogP contribution in [-0.2, 0) is 61.8 Å². The Bertz CT molecular complexity index is 2950. The van der Waals surface area contributed by atoms with Crippen molar-refractivity contribution in [2.24, 2.45) is 16.7 Å². The molecule has 4 fully saturated rings. The third-order valence-electron chi connectivity index (χ3n) is 18.6. The van der Waals surface area contributed by atoms with Crippen molar-refractivity contribution in [1.82, 2.24) is 5.32 Å². The number of benzene rings is 3. The summed E-state index contributed by atoms with van der Waals surface area (Å²) in [4.78, 5) is 101. The second kappa shape index (κ2) is 30.2. The molecule has 3 N–H and O–H groups in total. The van der Waals surface area contributed by atoms with Gasteiger partial charge in [-0.05, 0) is 93.3 Å². The molecular weight excluding hydrogens is 1130 g/mol. The van der Waals surface area contributed by atoms with Gasteiger partial charge in [-0.1, -0.05) is 151 Å². The van der Waals surface area contributed by atoms with Crippen LogP contribution >= 0.6 is 0 Å². The van der Waals surface area contributed by atoms with Crippen molar-refractivity contribution in [3.05, 3.63) is 131 Å². The van der Waals surface area contributed by atoms with E-state index < -0.39 is 131 Å². The molecule has 2 saturated heterocycles. The lowest BCUT2D eigenvalue weighted by Gasteiger charge is -2.67. The average molecular weight is 1220 g/mol. The molecular formula is C69H89NO18. The molecule has 1 amide bonds. The van der Waals surface area contributed by atoms with Gasteiger partial charge in [0.1, 0.15) is 42.7 Å². The van der Waals surface area contributed by atoms with Crippen LogP contribution in [0.3, 0.4) is 0 Å². The number of aliphatic hydroxyl groups excluding tert-OH is 1. The van der Waals surface area contributed by atoms with Crippen molar-refractivity contribution >= 4 is 41.7 Å². The maximum absolute atomic E-state index is 15.9. The number of hydrogen-bond donors (Lipinski definition) is 3. The number of carbonyl (C=O) groups is 7. The predicted octanol–water partition coefficient (Wildman–Crippen LogP) is 10.7. The van der Waals surface area contributed by atoms with Crippen LogP contribution in [0.5, 0.6) is 0 Å². The van der Waals surface area contributed by atoms with Crippen molar-refractivity contribution in [2.75, 3.05) is 19.8 Å². The number of fused-ring (bicyclic) bond motifs is 5. The van der Waals surface area contributed by atoms with Crippen LogP contribution < -0.4 is 5.32 Å². The Kier molecular flexibility index (Phi) is 23.0. The van der Waals surface area contributed by atoms with Gasteiger partial charge < -0.3 is 58.2 Å². The second-order valence-corrected chi connectivity index (χ2v) is 24.9. The summed E-state index contributed by atoms with van der Waals surface area (Å²) in [5, 5.41) is 29.3. The SMILES string of the molecule is CCCCCCC/C=C/CCCCCCCCC1OCC(COC(=O)O[C@@H](C(=O)O[C@H]2C[C@@]3(O)[C@@H](OC(=O)c4ccccc4)C4[C@](C)(C(=O)[C@H](OC(C)=O)C(=C2C)C3(C)C)[C@@H](O)C[C@H]2OC[C@@]42OC(C)=O)[C@@H](NC(=O)c2ccccc2)c2ccccc2)O1. The Labute approximate surface area is 516 Å². The monoisotopic (exact) mass is 1220 g/mol. The maximum Gasteiger partial charge on any atom is 0.509 e. The first-order chi connectivity index (χ1) is 42.2. The largest absolute Gasteiger partial charge is 0.509 e. The minimum absolute atomic E-state index is 0.0407. The van der Waals surface area contributed by atoms with E-state index in [1.807, 2.05) is 0 Å². The lowest BCUT2D eigenvalue weighted by molar-refractivity contribution is -0.346. The first-order valence-electron chi connectivity index (χ1n) is 31.4. The average Bonchev–Trinajstić information content (AvgIpc) is 0.828. The number of allylic oxidation sites excluding steroid dienone is 2. The van der Waals surface area contributed by atoms with Crippen molar-refractivity contribution in [2.45, 2.75) is 217 Å². The standard InChI is InChI=1S/C69H89NO18/c1-8-9-10-11-12-13-14-15-16-17-18-19-20-21-31-38-54-80-41-50(84-54)42-81-65(78)86-58(56(47-32-25-22-26-33-47)70-62(75)48-34-27-23-28-35-48)64(77)85-51-40-69(79)61(87-63(76)49-36-29-24-30-37-49)59-67(7,52(73)39-53-68(59,43-82-53)88-46(4)72)60(74)57(83-45(3)71)55(44(51)2)66(69,5)6/h14-15,22-30,32-37,50-54,56-59,61,73,79H,8-13,16-21,31,38-43H2,1-7H3,(H,70,75)/b15-14+/t50?,51-,52-,53+,54?,56-,57+,58+,59?,61-,67+,68-,69+/m0/s1. The van der Waals surface area contributed by atoms with E-state index in [-0.39, 0.29) is 48.5 Å². The van der Waals surface area contributed by atoms with Gasteiger partial charge in [-0.2, -0.15) is 0 Å². The lowest BCUT2D eigenvalue weighted by Crippen LogP contribution is -2.82. The molecule has 19 heteroatoms. The Morgan fingerprint density at radius 2 is 1.35 bits per heavy atom. The molecule has 2 saturated carbocycles. The fraction of sp³-hybridized carbons (Fsp3) is 0.580. The van der Waals surface area contributed by atoms with Crippen molar-refractivity contribution in [3.63, 3.8) is 0 Å². The Hall–Kier alpha value is -6.77. The Morgan fingerprint density at radius 3 is 1.95 bits per heavy atom. The third-order valence-corrected chi connectivity index (χ3v) is 18.6. The molecule has 2 aliphatic heterocycles. The van der Waals surface area contributed by atoms with Crippen LogP contribution in [0.2, 0.25) is 0 Å². The van der Waals surface area contributed by atoms with Gasteiger partial charge in [-0.3, -0.25) is 19.2 Å². The number of Topliss-reactive ketones (excluding diaryl/α,β-unsaturated/α-hetero) is 1. The fourth-order valence-corrected chi connectivity index (χ4v) is 13.7. The van der Waals surface area contributed by atoms with Gasteiger partial charge in [0, 0.05) is 37.7 Å². The van der Waals surface area contributed by atoms with E-state index in [4.69, 9.17) is 42.6 Å². The Balaban J connectivity index is 1.06. The molecule has 88 heavy (non-hydrogen) atoms. The molecule has 0 radical (unpaired) electrons. The molecule has 8 rings (SSSR count). The lowest BCUT2D eigenvalue weighted by atomic mass is 9.44. The molecule has 13 atom stereocenters. The summed E-state index contributed by atoms with van der Waals surface area (Å²) in [6.07, 6.45) is 6.98. The minimum Gasteiger partial charge on any atom is -0.455 e. The van der Waals surface area contributed by atoms with Gasteiger partial charge in [0.2, 0.25) is 6.10 Å². The summed E-state index contributed by atoms with van der Waals surface area (Å²) in [5.41, 5.74) is -7.59. The van der Waals surface area contributed by atoms with E-state index in [1.54, 1.807) is 92.7 Å². The molecule has 2 bridgehead atoms. The number of rotatable bonds is 28. The van der Waals surface area contributed by atoms with Gasteiger partial charge in [-0.15, -0.1) is 0 Å². The number of carbonyl (C=O) groups excluding carboxylic acids is 7. The van der Waals surface area contributed by atoms with Crippen LogP contribution in [0.1, 0.15) is 184 Å². The third kappa shape index (κ3) is 15.1. The van der Waals surface area contributed by atoms with Gasteiger partial charge in [0.25, 0.3) is 5.91 Å². The summed E-state index contributed by atoms with van der Waals surface area (Å²) in [6, 6.07) is 22.7. The number of esters is 4. The van der Waals surface area contributed by atoms with Crippen LogP contribution in [0.25, 0.3) is 0 Å². The summed E-state index contributed by atoms with van der Waals surface area (Å²) in [7, 11) is 0. The molecule has 2 heterocycles. The highest BCUT2D eigenvalue weighted by molar-refractivity contribution is 5.96. The van der Waals surface area contributed by atoms with Crippen LogP contribution in [0.4, 0.5) is 4.79 Å². The van der Waals surface area contributed by atoms with E-state index >= 15 is 9.59 Å². The second-order valence-electron chi connectivity index (χ2n) is 24.9. The van der Waals surface area contributed by atoms with E-state index in [0.717, 1.165) is 52.4 Å². The number of aliphatic hydroxyl groups is 2. The topological polar surface area (TPSA) is 255 Å². The molecule has 3 unspecified atom stereocenters. The minimum atomic E-state index is -2.49. The van der Waals surface area contributed by atoms with Crippen LogP contribution in [-0.4, -0.2) is 132 Å². The molecule has 19 nitrogen and oxygen atoms in total. The molecule has 0 aromatic heterocycles. The highest BCUT2D eigenvalue weighted by Crippen LogP contribution is 2.64. The molecule has 3 aromatic carbocycles. The first kappa shape index (κ1) is 67.2. The first-order valence-corrected chi connectivity index (χ1v) is 31.4. The number of hydrogen-bond acceptors (Lipinski definition) is 18. The van der Waals surface area contributed by atoms with Crippen molar-refractivity contribution < 1.29 is 86.4 Å². The number of amides is 1. The van der Waals surface area contributed by atoms with E-state index in [0.29, 0.717) is 12.0 Å². The zero-order valence-electron chi connectivity index (χ0n) is 51.9. The van der Waals surface area contributed by atoms with Gasteiger partial charge >= 0.3 is 30.0 Å². The van der Waals surface area contributed by atoms with E-state index in [9.17, 15) is 34.2 Å². The molecule has 5 aliphatic rings. The molecule has 3 aromatic rings. The van der Waals surface area contributed by atoms with Crippen LogP contribution in [0, 0.1) is 16.7 Å². The fourth-order valence-electron chi connectivity index (χ4n) is 13.7. The van der Waals surface area contributed by atoms with Gasteiger partial charge in [0.05, 0.1) is 36.2 Å². The van der Waals surface area contributed by atoms with Gasteiger partial charge in [-0.25, -0.2) is 14.4 Å². The quantitative estimate of drug-likeness (QED) is 0.0264. The summed E-state index contributed by atoms with van der Waals surface area (Å²) in [5.74, 6) is -7.13. The van der Waals surface area contributed by atoms with Crippen molar-refractivity contribution in [3.8, 4) is 0 Å². The molecule has 478 valence electrons. The smallest absolute Gasteiger partial charge is 0.455 e. The molecule has 3 aliphatic carbocycles. The van der Waals surface area contributed by atoms with E-state index in [2.05, 4.69) is 24.4 Å². The zero-order valence-corrected chi connectivity index (χ0v) is 51.9. The predicted molar refractivity (Wildman–Crippen MR) is 322 cm³/mol. The number of nitrogens with one attached hydrogen (secondary N) is 1. The zero-order chi connectivity index (χ0) is 63.2. The Morgan fingerprint density at radius 1 is 0.750 bits per heavy atom. The number of unbranched alkanes of at least 4 members (excludes halogenated alkanes) is 11. The van der Waals surface area contributed by atoms with Crippen LogP contribution in [0.15, 0.2) is 114 Å². The number of ether oxygens (including phenoxy) is 9. The summed E-state index contributed by atoms with van der Waals surface area (Å²) >= 11 is 0. The highest BCUT2D eigenvalue weighted by atomic mass is 16.8. The van der Waals surface area contributed by atoms with E-state index in [1.165, 1.54) is 70.9 Å². The molecule has 0 spiro atoms. The van der Waals surface area contributed by atoms with Crippen molar-refractivity contribution in [1.29, 1.82) is 0 Å². The summed E-state index contributed by atoms with van der Waals surface area (Å²) in [6.45, 7) is 9.94. The highest BCUT2D eigenvalue weighted by Gasteiger charge is 2.78. The maximum atomic E-state index is 15.9. The van der Waals surface area contributed by atoms with Gasteiger partial charge in [0.15, 0.2) is 23.8 Å². The summed E-state index contributed by atoms with van der Waals surface area (Å²) < 4.78 is 54.7. The number of ketones is 1. The normalized spacial score (nSPS) is 28.5.